The van der Waals surface area contributed by atoms with Crippen LogP contribution < -0.4 is 5.73 Å². The highest BCUT2D eigenvalue weighted by Crippen LogP contribution is 2.21. The Kier molecular flexibility index (Phi) is 3.26. The Labute approximate surface area is 115 Å². The van der Waals surface area contributed by atoms with E-state index in [4.69, 9.17) is 5.73 Å². The molecule has 1 heterocycles. The van der Waals surface area contributed by atoms with Gasteiger partial charge < -0.3 is 5.73 Å². The third kappa shape index (κ3) is 2.31. The zero-order valence-corrected chi connectivity index (χ0v) is 10.6. The van der Waals surface area contributed by atoms with Crippen molar-refractivity contribution in [2.75, 3.05) is 0 Å². The average Bonchev–Trinajstić information content (AvgIpc) is 2.97. The number of H-pyrrole nitrogens is 1. The van der Waals surface area contributed by atoms with Crippen molar-refractivity contribution >= 4 is 0 Å². The van der Waals surface area contributed by atoms with Gasteiger partial charge in [-0.05, 0) is 17.7 Å². The molecule has 0 spiro atoms. The number of halogens is 1. The van der Waals surface area contributed by atoms with Crippen LogP contribution in [0.1, 0.15) is 17.4 Å². The molecule has 0 aliphatic rings. The summed E-state index contributed by atoms with van der Waals surface area (Å²) in [6, 6.07) is 15.5. The van der Waals surface area contributed by atoms with E-state index in [2.05, 4.69) is 15.2 Å². The number of nitrogens with zero attached hydrogens (tertiary/aromatic N) is 2. The van der Waals surface area contributed by atoms with Gasteiger partial charge in [0.25, 0.3) is 0 Å². The van der Waals surface area contributed by atoms with E-state index in [1.54, 1.807) is 18.2 Å². The standard InChI is InChI=1S/C15H13FN4/c16-12-9-5-4-8-11(12)14-18-15(20-19-14)13(17)10-6-2-1-3-7-10/h1-9,13H,17H2,(H,18,19,20)/t13-/m1/s1. The average molecular weight is 268 g/mol. The summed E-state index contributed by atoms with van der Waals surface area (Å²) in [6.45, 7) is 0. The van der Waals surface area contributed by atoms with Gasteiger partial charge in [-0.1, -0.05) is 42.5 Å². The first-order chi connectivity index (χ1) is 9.75. The van der Waals surface area contributed by atoms with Crippen molar-refractivity contribution in [2.24, 2.45) is 5.73 Å². The van der Waals surface area contributed by atoms with Crippen LogP contribution >= 0.6 is 0 Å². The van der Waals surface area contributed by atoms with E-state index in [1.165, 1.54) is 6.07 Å². The number of nitrogens with two attached hydrogens (primary N) is 1. The number of aromatic nitrogens is 3. The summed E-state index contributed by atoms with van der Waals surface area (Å²) in [4.78, 5) is 4.29. The van der Waals surface area contributed by atoms with Gasteiger partial charge >= 0.3 is 0 Å². The lowest BCUT2D eigenvalue weighted by Gasteiger charge is -2.07. The minimum Gasteiger partial charge on any atom is -0.318 e. The molecule has 0 radical (unpaired) electrons. The Balaban J connectivity index is 1.93. The zero-order valence-electron chi connectivity index (χ0n) is 10.6. The molecule has 2 aromatic carbocycles. The van der Waals surface area contributed by atoms with Gasteiger partial charge in [0.15, 0.2) is 5.82 Å². The second kappa shape index (κ2) is 5.22. The van der Waals surface area contributed by atoms with Crippen molar-refractivity contribution in [2.45, 2.75) is 6.04 Å². The number of aromatic amines is 1. The Bertz CT molecular complexity index is 709. The number of benzene rings is 2. The molecule has 3 N–H and O–H groups in total. The summed E-state index contributed by atoms with van der Waals surface area (Å²) < 4.78 is 13.7. The second-order valence-electron chi connectivity index (χ2n) is 4.41. The smallest absolute Gasteiger partial charge is 0.184 e. The maximum Gasteiger partial charge on any atom is 0.184 e. The molecule has 3 aromatic rings. The third-order valence-electron chi connectivity index (χ3n) is 3.07. The topological polar surface area (TPSA) is 67.6 Å². The second-order valence-corrected chi connectivity index (χ2v) is 4.41. The molecule has 0 unspecified atom stereocenters. The fourth-order valence-electron chi connectivity index (χ4n) is 1.99. The van der Waals surface area contributed by atoms with Gasteiger partial charge in [0.05, 0.1) is 11.6 Å². The molecule has 3 rings (SSSR count). The van der Waals surface area contributed by atoms with E-state index in [1.807, 2.05) is 30.3 Å². The predicted molar refractivity (Wildman–Crippen MR) is 74.2 cm³/mol. The normalized spacial score (nSPS) is 12.3. The van der Waals surface area contributed by atoms with Gasteiger partial charge in [-0.2, -0.15) is 5.10 Å². The molecule has 1 aromatic heterocycles. The molecular formula is C15H13FN4. The van der Waals surface area contributed by atoms with E-state index in [9.17, 15) is 4.39 Å². The van der Waals surface area contributed by atoms with Crippen LogP contribution in [0.4, 0.5) is 4.39 Å². The van der Waals surface area contributed by atoms with Gasteiger partial charge in [-0.25, -0.2) is 9.37 Å². The number of nitrogens with one attached hydrogen (secondary N) is 1. The molecule has 0 aliphatic carbocycles. The maximum absolute atomic E-state index is 13.7. The van der Waals surface area contributed by atoms with Crippen LogP contribution in [0.25, 0.3) is 11.4 Å². The van der Waals surface area contributed by atoms with Crippen LogP contribution in [0.15, 0.2) is 54.6 Å². The van der Waals surface area contributed by atoms with Gasteiger partial charge in [-0.3, -0.25) is 5.10 Å². The van der Waals surface area contributed by atoms with Gasteiger partial charge in [0.2, 0.25) is 0 Å². The monoisotopic (exact) mass is 268 g/mol. The molecule has 5 heteroatoms. The molecule has 100 valence electrons. The summed E-state index contributed by atoms with van der Waals surface area (Å²) in [7, 11) is 0. The van der Waals surface area contributed by atoms with Crippen LogP contribution in [0.5, 0.6) is 0 Å². The van der Waals surface area contributed by atoms with Gasteiger partial charge in [-0.15, -0.1) is 0 Å². The van der Waals surface area contributed by atoms with Crippen molar-refractivity contribution in [3.05, 3.63) is 71.8 Å². The van der Waals surface area contributed by atoms with E-state index < -0.39 is 6.04 Å². The lowest BCUT2D eigenvalue weighted by molar-refractivity contribution is 0.630. The van der Waals surface area contributed by atoms with Crippen molar-refractivity contribution in [1.29, 1.82) is 0 Å². The Morgan fingerprint density at radius 2 is 1.70 bits per heavy atom. The molecule has 0 amide bonds. The third-order valence-corrected chi connectivity index (χ3v) is 3.07. The van der Waals surface area contributed by atoms with Crippen LogP contribution in [-0.2, 0) is 0 Å². The van der Waals surface area contributed by atoms with E-state index in [0.717, 1.165) is 5.56 Å². The highest BCUT2D eigenvalue weighted by molar-refractivity contribution is 5.55. The fourth-order valence-corrected chi connectivity index (χ4v) is 1.99. The number of hydrogen-bond acceptors (Lipinski definition) is 3. The first-order valence-corrected chi connectivity index (χ1v) is 6.23. The highest BCUT2D eigenvalue weighted by atomic mass is 19.1. The molecule has 20 heavy (non-hydrogen) atoms. The van der Waals surface area contributed by atoms with E-state index in [-0.39, 0.29) is 5.82 Å². The summed E-state index contributed by atoms with van der Waals surface area (Å²) >= 11 is 0. The van der Waals surface area contributed by atoms with E-state index in [0.29, 0.717) is 17.2 Å². The summed E-state index contributed by atoms with van der Waals surface area (Å²) in [5, 5.41) is 6.81. The Morgan fingerprint density at radius 3 is 2.45 bits per heavy atom. The van der Waals surface area contributed by atoms with Gasteiger partial charge in [0, 0.05) is 0 Å². The first-order valence-electron chi connectivity index (χ1n) is 6.23. The number of rotatable bonds is 3. The minimum atomic E-state index is -0.413. The van der Waals surface area contributed by atoms with Crippen LogP contribution in [0, 0.1) is 5.82 Å². The highest BCUT2D eigenvalue weighted by Gasteiger charge is 2.15. The van der Waals surface area contributed by atoms with Crippen molar-refractivity contribution in [3.63, 3.8) is 0 Å². The molecule has 0 fully saturated rings. The fraction of sp³-hybridized carbons (Fsp3) is 0.0667. The summed E-state index contributed by atoms with van der Waals surface area (Å²) in [5.41, 5.74) is 7.40. The van der Waals surface area contributed by atoms with Crippen molar-refractivity contribution < 1.29 is 4.39 Å². The molecule has 0 bridgehead atoms. The molecule has 0 saturated carbocycles. The molecule has 0 saturated heterocycles. The van der Waals surface area contributed by atoms with E-state index >= 15 is 0 Å². The Morgan fingerprint density at radius 1 is 1.00 bits per heavy atom. The lowest BCUT2D eigenvalue weighted by atomic mass is 10.1. The van der Waals surface area contributed by atoms with Crippen LogP contribution in [0.3, 0.4) is 0 Å². The molecular weight excluding hydrogens is 255 g/mol. The van der Waals surface area contributed by atoms with Crippen LogP contribution in [-0.4, -0.2) is 15.2 Å². The zero-order chi connectivity index (χ0) is 13.9. The SMILES string of the molecule is N[C@H](c1ccccc1)c1nc(-c2ccccc2F)n[nH]1. The number of hydrogen-bond donors (Lipinski definition) is 2. The Hall–Kier alpha value is -2.53. The van der Waals surface area contributed by atoms with Gasteiger partial charge in [0.1, 0.15) is 11.6 Å². The molecule has 1 atom stereocenters. The molecule has 4 nitrogen and oxygen atoms in total. The first kappa shape index (κ1) is 12.5. The van der Waals surface area contributed by atoms with Crippen molar-refractivity contribution in [3.8, 4) is 11.4 Å². The van der Waals surface area contributed by atoms with Crippen LogP contribution in [0.2, 0.25) is 0 Å². The summed E-state index contributed by atoms with van der Waals surface area (Å²) in [5.74, 6) is 0.463. The predicted octanol–water partition coefficient (Wildman–Crippen LogP) is 2.66. The maximum atomic E-state index is 13.7. The largest absolute Gasteiger partial charge is 0.318 e. The minimum absolute atomic E-state index is 0.310. The molecule has 0 aliphatic heterocycles. The van der Waals surface area contributed by atoms with Crippen molar-refractivity contribution in [1.82, 2.24) is 15.2 Å². The quantitative estimate of drug-likeness (QED) is 0.767. The lowest BCUT2D eigenvalue weighted by Crippen LogP contribution is -2.13. The summed E-state index contributed by atoms with van der Waals surface area (Å²) in [6.07, 6.45) is 0.